The van der Waals surface area contributed by atoms with Crippen LogP contribution in [0.3, 0.4) is 0 Å². The Labute approximate surface area is 132 Å². The summed E-state index contributed by atoms with van der Waals surface area (Å²) in [5.41, 5.74) is 2.78. The molecule has 1 aromatic rings. The molecule has 0 amide bonds. The van der Waals surface area contributed by atoms with Crippen molar-refractivity contribution in [3.8, 4) is 0 Å². The predicted octanol–water partition coefficient (Wildman–Crippen LogP) is 4.32. The third-order valence-corrected chi connectivity index (χ3v) is 4.78. The molecule has 1 heterocycles. The summed E-state index contributed by atoms with van der Waals surface area (Å²) in [6.45, 7) is 7.72. The van der Waals surface area contributed by atoms with Crippen LogP contribution in [0.4, 0.5) is 0 Å². The summed E-state index contributed by atoms with van der Waals surface area (Å²) >= 11 is 3.75. The molecule has 1 aliphatic rings. The van der Waals surface area contributed by atoms with E-state index in [2.05, 4.69) is 51.3 Å². The van der Waals surface area contributed by atoms with Gasteiger partial charge in [-0.05, 0) is 49.7 Å². The van der Waals surface area contributed by atoms with Gasteiger partial charge in [-0.2, -0.15) is 0 Å². The van der Waals surface area contributed by atoms with Crippen molar-refractivity contribution in [2.45, 2.75) is 52.1 Å². The molecule has 1 N–H and O–H groups in total. The second-order valence-electron chi connectivity index (χ2n) is 5.75. The van der Waals surface area contributed by atoms with E-state index in [4.69, 9.17) is 0 Å². The molecule has 0 spiro atoms. The number of benzene rings is 1. The number of rotatable bonds is 5. The Kier molecular flexibility index (Phi) is 7.05. The summed E-state index contributed by atoms with van der Waals surface area (Å²) < 4.78 is 1.26. The molecule has 1 aliphatic heterocycles. The van der Waals surface area contributed by atoms with Crippen molar-refractivity contribution in [2.75, 3.05) is 19.6 Å². The molecule has 112 valence electrons. The van der Waals surface area contributed by atoms with Crippen LogP contribution in [0.5, 0.6) is 0 Å². The van der Waals surface area contributed by atoms with E-state index in [0.29, 0.717) is 0 Å². The highest BCUT2D eigenvalue weighted by Crippen LogP contribution is 2.22. The first kappa shape index (κ1) is 16.0. The molecule has 2 rings (SSSR count). The number of halogens is 1. The molecule has 1 fully saturated rings. The van der Waals surface area contributed by atoms with Gasteiger partial charge in [-0.15, -0.1) is 0 Å². The molecule has 3 heteroatoms. The van der Waals surface area contributed by atoms with E-state index in [1.54, 1.807) is 0 Å². The number of hydrogen-bond acceptors (Lipinski definition) is 2. The molecule has 0 unspecified atom stereocenters. The smallest absolute Gasteiger partial charge is 0.0244 e. The maximum Gasteiger partial charge on any atom is 0.0244 e. The normalized spacial score (nSPS) is 17.7. The van der Waals surface area contributed by atoms with Gasteiger partial charge < -0.3 is 5.32 Å². The Balaban J connectivity index is 1.93. The Morgan fingerprint density at radius 2 is 1.80 bits per heavy atom. The first-order valence-electron chi connectivity index (χ1n) is 8.00. The van der Waals surface area contributed by atoms with Gasteiger partial charge in [0.2, 0.25) is 0 Å². The highest BCUT2D eigenvalue weighted by Gasteiger charge is 2.10. The molecule has 0 bridgehead atoms. The van der Waals surface area contributed by atoms with Crippen molar-refractivity contribution in [3.63, 3.8) is 0 Å². The van der Waals surface area contributed by atoms with E-state index in [9.17, 15) is 0 Å². The van der Waals surface area contributed by atoms with E-state index in [-0.39, 0.29) is 0 Å². The van der Waals surface area contributed by atoms with Crippen LogP contribution < -0.4 is 5.32 Å². The standard InChI is InChI=1S/C17H27BrN2/c1-2-19-13-15-8-9-16(17(18)12-15)14-20-10-6-4-3-5-7-11-20/h8-9,12,19H,2-7,10-11,13-14H2,1H3. The van der Waals surface area contributed by atoms with Gasteiger partial charge in [0.25, 0.3) is 0 Å². The predicted molar refractivity (Wildman–Crippen MR) is 89.9 cm³/mol. The van der Waals surface area contributed by atoms with E-state index in [1.807, 2.05) is 0 Å². The lowest BCUT2D eigenvalue weighted by Crippen LogP contribution is -2.27. The monoisotopic (exact) mass is 338 g/mol. The average Bonchev–Trinajstić information content (AvgIpc) is 2.41. The van der Waals surface area contributed by atoms with Gasteiger partial charge in [0.15, 0.2) is 0 Å². The minimum Gasteiger partial charge on any atom is -0.313 e. The lowest BCUT2D eigenvalue weighted by Gasteiger charge is -2.25. The fourth-order valence-corrected chi connectivity index (χ4v) is 3.36. The fourth-order valence-electron chi connectivity index (χ4n) is 2.81. The first-order valence-corrected chi connectivity index (χ1v) is 8.79. The molecule has 2 nitrogen and oxygen atoms in total. The van der Waals surface area contributed by atoms with E-state index < -0.39 is 0 Å². The zero-order valence-electron chi connectivity index (χ0n) is 12.6. The van der Waals surface area contributed by atoms with Gasteiger partial charge >= 0.3 is 0 Å². The van der Waals surface area contributed by atoms with Crippen LogP contribution in [0.15, 0.2) is 22.7 Å². The average molecular weight is 339 g/mol. The van der Waals surface area contributed by atoms with Crippen LogP contribution in [-0.4, -0.2) is 24.5 Å². The van der Waals surface area contributed by atoms with Gasteiger partial charge in [0, 0.05) is 17.6 Å². The van der Waals surface area contributed by atoms with Gasteiger partial charge in [0.1, 0.15) is 0 Å². The van der Waals surface area contributed by atoms with Crippen molar-refractivity contribution in [3.05, 3.63) is 33.8 Å². The highest BCUT2D eigenvalue weighted by molar-refractivity contribution is 9.10. The largest absolute Gasteiger partial charge is 0.313 e. The maximum atomic E-state index is 3.75. The first-order chi connectivity index (χ1) is 9.79. The van der Waals surface area contributed by atoms with E-state index in [1.165, 1.54) is 60.8 Å². The molecule has 0 aromatic heterocycles. The van der Waals surface area contributed by atoms with Gasteiger partial charge in [-0.25, -0.2) is 0 Å². The minimum atomic E-state index is 0.957. The Bertz CT molecular complexity index is 398. The zero-order chi connectivity index (χ0) is 14.2. The van der Waals surface area contributed by atoms with Crippen LogP contribution in [0, 0.1) is 0 Å². The number of likely N-dealkylation sites (tertiary alicyclic amines) is 1. The molecule has 0 aliphatic carbocycles. The van der Waals surface area contributed by atoms with Crippen LogP contribution in [-0.2, 0) is 13.1 Å². The molecule has 0 atom stereocenters. The Morgan fingerprint density at radius 1 is 1.10 bits per heavy atom. The Hall–Kier alpha value is -0.380. The van der Waals surface area contributed by atoms with Gasteiger partial charge in [-0.3, -0.25) is 4.90 Å². The summed E-state index contributed by atoms with van der Waals surface area (Å²) in [5, 5.41) is 3.38. The molecule has 0 radical (unpaired) electrons. The molecular formula is C17H27BrN2. The highest BCUT2D eigenvalue weighted by atomic mass is 79.9. The summed E-state index contributed by atoms with van der Waals surface area (Å²) in [6, 6.07) is 6.81. The van der Waals surface area contributed by atoms with Crippen molar-refractivity contribution in [1.29, 1.82) is 0 Å². The number of nitrogens with one attached hydrogen (secondary N) is 1. The lowest BCUT2D eigenvalue weighted by atomic mass is 10.1. The second kappa shape index (κ2) is 8.81. The summed E-state index contributed by atoms with van der Waals surface area (Å²) in [5.74, 6) is 0. The summed E-state index contributed by atoms with van der Waals surface area (Å²) in [6.07, 6.45) is 6.95. The maximum absolute atomic E-state index is 3.75. The molecule has 20 heavy (non-hydrogen) atoms. The molecule has 0 saturated carbocycles. The quantitative estimate of drug-likeness (QED) is 0.859. The third kappa shape index (κ3) is 5.19. The molecule has 1 aromatic carbocycles. The Morgan fingerprint density at radius 3 is 2.45 bits per heavy atom. The van der Waals surface area contributed by atoms with Crippen LogP contribution in [0.1, 0.15) is 50.2 Å². The molecule has 1 saturated heterocycles. The number of hydrogen-bond donors (Lipinski definition) is 1. The topological polar surface area (TPSA) is 15.3 Å². The number of nitrogens with zero attached hydrogens (tertiary/aromatic N) is 1. The minimum absolute atomic E-state index is 0.957. The third-order valence-electron chi connectivity index (χ3n) is 4.04. The summed E-state index contributed by atoms with van der Waals surface area (Å²) in [7, 11) is 0. The van der Waals surface area contributed by atoms with Crippen LogP contribution in [0.25, 0.3) is 0 Å². The van der Waals surface area contributed by atoms with Crippen LogP contribution in [0.2, 0.25) is 0 Å². The second-order valence-corrected chi connectivity index (χ2v) is 6.60. The summed E-state index contributed by atoms with van der Waals surface area (Å²) in [4.78, 5) is 2.61. The van der Waals surface area contributed by atoms with Gasteiger partial charge in [-0.1, -0.05) is 54.2 Å². The van der Waals surface area contributed by atoms with Crippen LogP contribution >= 0.6 is 15.9 Å². The SMILES string of the molecule is CCNCc1ccc(CN2CCCCCCC2)c(Br)c1. The van der Waals surface area contributed by atoms with E-state index in [0.717, 1.165) is 19.6 Å². The molecular weight excluding hydrogens is 312 g/mol. The van der Waals surface area contributed by atoms with Crippen molar-refractivity contribution >= 4 is 15.9 Å². The van der Waals surface area contributed by atoms with Crippen molar-refractivity contribution < 1.29 is 0 Å². The fraction of sp³-hybridized carbons (Fsp3) is 0.647. The lowest BCUT2D eigenvalue weighted by molar-refractivity contribution is 0.239. The van der Waals surface area contributed by atoms with Crippen molar-refractivity contribution in [2.24, 2.45) is 0 Å². The van der Waals surface area contributed by atoms with E-state index >= 15 is 0 Å². The van der Waals surface area contributed by atoms with Gasteiger partial charge in [0.05, 0.1) is 0 Å². The zero-order valence-corrected chi connectivity index (χ0v) is 14.2. The van der Waals surface area contributed by atoms with Crippen molar-refractivity contribution in [1.82, 2.24) is 10.2 Å².